The van der Waals surface area contributed by atoms with E-state index in [9.17, 15) is 0 Å². The summed E-state index contributed by atoms with van der Waals surface area (Å²) in [6.07, 6.45) is 3.83. The fourth-order valence-electron chi connectivity index (χ4n) is 2.28. The molecule has 0 bridgehead atoms. The molecule has 1 unspecified atom stereocenters. The molecule has 1 nitrogen and oxygen atoms in total. The van der Waals surface area contributed by atoms with Crippen molar-refractivity contribution in [3.63, 3.8) is 0 Å². The van der Waals surface area contributed by atoms with Gasteiger partial charge in [0, 0.05) is 21.7 Å². The molecule has 0 saturated carbocycles. The molecule has 1 atom stereocenters. The second-order valence-corrected chi connectivity index (χ2v) is 6.47. The van der Waals surface area contributed by atoms with Crippen LogP contribution in [-0.2, 0) is 0 Å². The Hall–Kier alpha value is -0.180. The number of halogens is 1. The van der Waals surface area contributed by atoms with E-state index in [-0.39, 0.29) is 0 Å². The second-order valence-electron chi connectivity index (χ2n) is 4.94. The first-order chi connectivity index (χ1) is 9.19. The molecule has 1 rings (SSSR count). The van der Waals surface area contributed by atoms with Crippen molar-refractivity contribution in [2.75, 3.05) is 12.3 Å². The van der Waals surface area contributed by atoms with Crippen LogP contribution in [0.5, 0.6) is 0 Å². The zero-order valence-corrected chi connectivity index (χ0v) is 13.9. The normalized spacial score (nSPS) is 12.9. The monoisotopic (exact) mass is 299 g/mol. The average molecular weight is 300 g/mol. The van der Waals surface area contributed by atoms with E-state index in [1.807, 2.05) is 30.0 Å². The predicted octanol–water partition coefficient (Wildman–Crippen LogP) is 5.24. The van der Waals surface area contributed by atoms with E-state index in [4.69, 9.17) is 11.6 Å². The van der Waals surface area contributed by atoms with E-state index in [2.05, 4.69) is 32.2 Å². The standard InChI is InChI=1S/C16H26ClNS/c1-4-13(5-2)10-15(18-6-3)12-19-16-9-7-8-14(17)11-16/h7-9,11,13,15,18H,4-6,10,12H2,1-3H3. The molecule has 1 N–H and O–H groups in total. The lowest BCUT2D eigenvalue weighted by Crippen LogP contribution is -2.33. The third-order valence-electron chi connectivity index (χ3n) is 3.51. The molecule has 1 aromatic rings. The number of hydrogen-bond donors (Lipinski definition) is 1. The van der Waals surface area contributed by atoms with Gasteiger partial charge >= 0.3 is 0 Å². The summed E-state index contributed by atoms with van der Waals surface area (Å²) in [5, 5.41) is 4.44. The van der Waals surface area contributed by atoms with Gasteiger partial charge in [0.2, 0.25) is 0 Å². The first-order valence-electron chi connectivity index (χ1n) is 7.31. The molecule has 0 aliphatic heterocycles. The molecule has 0 saturated heterocycles. The van der Waals surface area contributed by atoms with E-state index >= 15 is 0 Å². The van der Waals surface area contributed by atoms with Crippen LogP contribution < -0.4 is 5.32 Å². The lowest BCUT2D eigenvalue weighted by molar-refractivity contribution is 0.388. The zero-order chi connectivity index (χ0) is 14.1. The maximum Gasteiger partial charge on any atom is 0.0417 e. The minimum absolute atomic E-state index is 0.596. The highest BCUT2D eigenvalue weighted by molar-refractivity contribution is 7.99. The Morgan fingerprint density at radius 1 is 1.21 bits per heavy atom. The van der Waals surface area contributed by atoms with Crippen molar-refractivity contribution in [2.24, 2.45) is 5.92 Å². The summed E-state index contributed by atoms with van der Waals surface area (Å²) in [7, 11) is 0. The summed E-state index contributed by atoms with van der Waals surface area (Å²) in [6, 6.07) is 8.73. The largest absolute Gasteiger partial charge is 0.313 e. The Balaban J connectivity index is 2.49. The van der Waals surface area contributed by atoms with Gasteiger partial charge in [-0.15, -0.1) is 11.8 Å². The molecular weight excluding hydrogens is 274 g/mol. The van der Waals surface area contributed by atoms with Crippen LogP contribution in [0.1, 0.15) is 40.0 Å². The van der Waals surface area contributed by atoms with Gasteiger partial charge in [0.05, 0.1) is 0 Å². The van der Waals surface area contributed by atoms with Crippen LogP contribution >= 0.6 is 23.4 Å². The van der Waals surface area contributed by atoms with Crippen LogP contribution in [0.25, 0.3) is 0 Å². The Morgan fingerprint density at radius 3 is 2.53 bits per heavy atom. The molecule has 0 aliphatic carbocycles. The van der Waals surface area contributed by atoms with Gasteiger partial charge in [0.15, 0.2) is 0 Å². The van der Waals surface area contributed by atoms with Crippen molar-refractivity contribution in [3.8, 4) is 0 Å². The molecule has 0 aromatic heterocycles. The Kier molecular flexibility index (Phi) is 8.60. The van der Waals surface area contributed by atoms with Crippen molar-refractivity contribution >= 4 is 23.4 Å². The quantitative estimate of drug-likeness (QED) is 0.626. The number of nitrogens with one attached hydrogen (secondary N) is 1. The third kappa shape index (κ3) is 6.69. The van der Waals surface area contributed by atoms with Gasteiger partial charge in [-0.2, -0.15) is 0 Å². The smallest absolute Gasteiger partial charge is 0.0417 e. The summed E-state index contributed by atoms with van der Waals surface area (Å²) in [5.74, 6) is 1.95. The second kappa shape index (κ2) is 9.68. The van der Waals surface area contributed by atoms with Crippen molar-refractivity contribution < 1.29 is 0 Å². The van der Waals surface area contributed by atoms with E-state index < -0.39 is 0 Å². The van der Waals surface area contributed by atoms with Gasteiger partial charge in [-0.1, -0.05) is 51.3 Å². The third-order valence-corrected chi connectivity index (χ3v) is 4.90. The van der Waals surface area contributed by atoms with Crippen LogP contribution in [0.4, 0.5) is 0 Å². The van der Waals surface area contributed by atoms with Crippen molar-refractivity contribution in [2.45, 2.75) is 51.0 Å². The highest BCUT2D eigenvalue weighted by Gasteiger charge is 2.13. The van der Waals surface area contributed by atoms with Gasteiger partial charge in [-0.05, 0) is 37.1 Å². The van der Waals surface area contributed by atoms with Gasteiger partial charge in [-0.3, -0.25) is 0 Å². The molecule has 0 aliphatic rings. The summed E-state index contributed by atoms with van der Waals surface area (Å²) < 4.78 is 0. The molecule has 0 spiro atoms. The summed E-state index contributed by atoms with van der Waals surface area (Å²) in [4.78, 5) is 1.26. The summed E-state index contributed by atoms with van der Waals surface area (Å²) in [5.41, 5.74) is 0. The van der Waals surface area contributed by atoms with Crippen molar-refractivity contribution in [1.29, 1.82) is 0 Å². The van der Waals surface area contributed by atoms with E-state index in [0.717, 1.165) is 23.2 Å². The highest BCUT2D eigenvalue weighted by Crippen LogP contribution is 2.24. The molecule has 108 valence electrons. The van der Waals surface area contributed by atoms with Gasteiger partial charge < -0.3 is 5.32 Å². The van der Waals surface area contributed by atoms with Crippen LogP contribution in [0.2, 0.25) is 5.02 Å². The van der Waals surface area contributed by atoms with E-state index in [0.29, 0.717) is 6.04 Å². The fourth-order valence-corrected chi connectivity index (χ4v) is 3.56. The summed E-state index contributed by atoms with van der Waals surface area (Å²) in [6.45, 7) is 7.81. The van der Waals surface area contributed by atoms with Crippen LogP contribution in [0.15, 0.2) is 29.2 Å². The maximum absolute atomic E-state index is 6.02. The van der Waals surface area contributed by atoms with Gasteiger partial charge in [0.25, 0.3) is 0 Å². The molecule has 0 radical (unpaired) electrons. The number of hydrogen-bond acceptors (Lipinski definition) is 2. The topological polar surface area (TPSA) is 12.0 Å². The molecule has 0 fully saturated rings. The number of rotatable bonds is 9. The fraction of sp³-hybridized carbons (Fsp3) is 0.625. The number of benzene rings is 1. The minimum Gasteiger partial charge on any atom is -0.313 e. The average Bonchev–Trinajstić information content (AvgIpc) is 2.42. The zero-order valence-electron chi connectivity index (χ0n) is 12.3. The highest BCUT2D eigenvalue weighted by atomic mass is 35.5. The first kappa shape index (κ1) is 16.9. The van der Waals surface area contributed by atoms with Crippen LogP contribution in [0.3, 0.4) is 0 Å². The first-order valence-corrected chi connectivity index (χ1v) is 8.67. The van der Waals surface area contributed by atoms with Crippen LogP contribution in [-0.4, -0.2) is 18.3 Å². The molecular formula is C16H26ClNS. The van der Waals surface area contributed by atoms with E-state index in [1.165, 1.54) is 24.2 Å². The predicted molar refractivity (Wildman–Crippen MR) is 88.3 cm³/mol. The molecule has 19 heavy (non-hydrogen) atoms. The lowest BCUT2D eigenvalue weighted by atomic mass is 9.95. The van der Waals surface area contributed by atoms with Crippen molar-refractivity contribution in [1.82, 2.24) is 5.32 Å². The van der Waals surface area contributed by atoms with Gasteiger partial charge in [0.1, 0.15) is 0 Å². The molecule has 1 aromatic carbocycles. The van der Waals surface area contributed by atoms with Gasteiger partial charge in [-0.25, -0.2) is 0 Å². The molecule has 0 heterocycles. The molecule has 0 amide bonds. The van der Waals surface area contributed by atoms with Crippen LogP contribution in [0, 0.1) is 5.92 Å². The Labute approximate surface area is 127 Å². The Morgan fingerprint density at radius 2 is 1.95 bits per heavy atom. The van der Waals surface area contributed by atoms with Crippen molar-refractivity contribution in [3.05, 3.63) is 29.3 Å². The summed E-state index contributed by atoms with van der Waals surface area (Å²) >= 11 is 7.92. The lowest BCUT2D eigenvalue weighted by Gasteiger charge is -2.22. The Bertz CT molecular complexity index is 352. The minimum atomic E-state index is 0.596. The SMILES string of the molecule is CCNC(CSc1cccc(Cl)c1)CC(CC)CC. The molecule has 3 heteroatoms. The maximum atomic E-state index is 6.02. The number of thioether (sulfide) groups is 1. The van der Waals surface area contributed by atoms with E-state index in [1.54, 1.807) is 0 Å².